The molecule has 4 rings (SSSR count). The molecule has 2 amide bonds. The summed E-state index contributed by atoms with van der Waals surface area (Å²) < 4.78 is 0. The smallest absolute Gasteiger partial charge is 0.252 e. The quantitative estimate of drug-likeness (QED) is 0.892. The van der Waals surface area contributed by atoms with Crippen LogP contribution in [-0.2, 0) is 4.79 Å². The Morgan fingerprint density at radius 1 is 1.12 bits per heavy atom. The molecular formula is C21H23N3O2. The molecule has 2 atom stereocenters. The van der Waals surface area contributed by atoms with E-state index in [-0.39, 0.29) is 30.3 Å². The van der Waals surface area contributed by atoms with Crippen molar-refractivity contribution >= 4 is 17.5 Å². The van der Waals surface area contributed by atoms with Crippen molar-refractivity contribution in [3.05, 3.63) is 65.7 Å². The number of piperidine rings is 1. The molecule has 0 saturated carbocycles. The van der Waals surface area contributed by atoms with Crippen LogP contribution < -0.4 is 15.5 Å². The van der Waals surface area contributed by atoms with Gasteiger partial charge in [-0.1, -0.05) is 36.4 Å². The third-order valence-corrected chi connectivity index (χ3v) is 5.18. The van der Waals surface area contributed by atoms with Gasteiger partial charge < -0.3 is 15.5 Å². The van der Waals surface area contributed by atoms with Gasteiger partial charge >= 0.3 is 0 Å². The van der Waals surface area contributed by atoms with Gasteiger partial charge in [0, 0.05) is 30.4 Å². The fourth-order valence-electron chi connectivity index (χ4n) is 3.92. The number of hydrogen-bond donors (Lipinski definition) is 2. The van der Waals surface area contributed by atoms with Crippen LogP contribution in [0.5, 0.6) is 0 Å². The van der Waals surface area contributed by atoms with E-state index >= 15 is 0 Å². The highest BCUT2D eigenvalue weighted by Gasteiger charge is 2.30. The Hall–Kier alpha value is -2.82. The first-order valence-corrected chi connectivity index (χ1v) is 9.20. The van der Waals surface area contributed by atoms with E-state index in [1.54, 1.807) is 6.07 Å². The molecule has 2 aliphatic heterocycles. The van der Waals surface area contributed by atoms with Crippen LogP contribution in [0.15, 0.2) is 54.6 Å². The van der Waals surface area contributed by atoms with E-state index in [4.69, 9.17) is 0 Å². The predicted octanol–water partition coefficient (Wildman–Crippen LogP) is 2.65. The van der Waals surface area contributed by atoms with Crippen LogP contribution in [-0.4, -0.2) is 30.9 Å². The molecule has 2 heterocycles. The van der Waals surface area contributed by atoms with Gasteiger partial charge in [-0.15, -0.1) is 0 Å². The topological polar surface area (TPSA) is 61.4 Å². The van der Waals surface area contributed by atoms with Gasteiger partial charge in [-0.2, -0.15) is 0 Å². The standard InChI is InChI=1S/C21H23N3O2/c25-20(13-19-17-10-4-5-11-18(17)21(26)23-19)22-15-7-6-12-24(14-15)16-8-2-1-3-9-16/h1-5,8-11,15,19H,6-7,12-14H2,(H,22,25)(H,23,26). The summed E-state index contributed by atoms with van der Waals surface area (Å²) in [5.74, 6) is -0.0989. The van der Waals surface area contributed by atoms with E-state index in [1.807, 2.05) is 36.4 Å². The SMILES string of the molecule is O=C(CC1NC(=O)c2ccccc21)NC1CCCN(c2ccccc2)C1. The second-order valence-corrected chi connectivity index (χ2v) is 7.01. The minimum Gasteiger partial charge on any atom is -0.369 e. The average molecular weight is 349 g/mol. The van der Waals surface area contributed by atoms with Gasteiger partial charge in [-0.25, -0.2) is 0 Å². The Balaban J connectivity index is 1.36. The van der Waals surface area contributed by atoms with Crippen LogP contribution in [0, 0.1) is 0 Å². The molecule has 0 spiro atoms. The zero-order chi connectivity index (χ0) is 17.9. The molecule has 2 unspecified atom stereocenters. The van der Waals surface area contributed by atoms with Crippen molar-refractivity contribution in [2.24, 2.45) is 0 Å². The van der Waals surface area contributed by atoms with Gasteiger partial charge in [0.1, 0.15) is 0 Å². The van der Waals surface area contributed by atoms with Crippen molar-refractivity contribution in [1.29, 1.82) is 0 Å². The Morgan fingerprint density at radius 3 is 2.73 bits per heavy atom. The van der Waals surface area contributed by atoms with Crippen molar-refractivity contribution in [2.45, 2.75) is 31.3 Å². The zero-order valence-electron chi connectivity index (χ0n) is 14.7. The van der Waals surface area contributed by atoms with Gasteiger partial charge in [0.05, 0.1) is 12.5 Å². The normalized spacial score (nSPS) is 21.8. The summed E-state index contributed by atoms with van der Waals surface area (Å²) in [6, 6.07) is 17.7. The van der Waals surface area contributed by atoms with Crippen LogP contribution in [0.1, 0.15) is 41.2 Å². The summed E-state index contributed by atoms with van der Waals surface area (Å²) in [6.45, 7) is 1.84. The molecule has 0 aromatic heterocycles. The van der Waals surface area contributed by atoms with Crippen molar-refractivity contribution in [2.75, 3.05) is 18.0 Å². The molecule has 0 bridgehead atoms. The van der Waals surface area contributed by atoms with E-state index in [0.717, 1.165) is 31.5 Å². The first-order valence-electron chi connectivity index (χ1n) is 9.20. The molecule has 0 aliphatic carbocycles. The highest BCUT2D eigenvalue weighted by Crippen LogP contribution is 2.27. The third kappa shape index (κ3) is 3.43. The lowest BCUT2D eigenvalue weighted by molar-refractivity contribution is -0.122. The molecule has 1 fully saturated rings. The molecule has 134 valence electrons. The summed E-state index contributed by atoms with van der Waals surface area (Å²) >= 11 is 0. The van der Waals surface area contributed by atoms with Crippen molar-refractivity contribution in [1.82, 2.24) is 10.6 Å². The third-order valence-electron chi connectivity index (χ3n) is 5.18. The van der Waals surface area contributed by atoms with Gasteiger partial charge in [-0.05, 0) is 36.6 Å². The van der Waals surface area contributed by atoms with E-state index in [0.29, 0.717) is 5.56 Å². The minimum absolute atomic E-state index is 0.00749. The fourth-order valence-corrected chi connectivity index (χ4v) is 3.92. The lowest BCUT2D eigenvalue weighted by Crippen LogP contribution is -2.48. The van der Waals surface area contributed by atoms with Crippen LogP contribution in [0.3, 0.4) is 0 Å². The largest absolute Gasteiger partial charge is 0.369 e. The number of amides is 2. The van der Waals surface area contributed by atoms with Gasteiger partial charge in [0.15, 0.2) is 0 Å². The van der Waals surface area contributed by atoms with Crippen LogP contribution in [0.25, 0.3) is 0 Å². The Kier molecular flexibility index (Phi) is 4.61. The molecule has 2 aromatic rings. The summed E-state index contributed by atoms with van der Waals surface area (Å²) in [5, 5.41) is 6.07. The maximum Gasteiger partial charge on any atom is 0.252 e. The number of carbonyl (C=O) groups is 2. The highest BCUT2D eigenvalue weighted by atomic mass is 16.2. The molecule has 26 heavy (non-hydrogen) atoms. The fraction of sp³-hybridized carbons (Fsp3) is 0.333. The number of nitrogens with zero attached hydrogens (tertiary/aromatic N) is 1. The molecular weight excluding hydrogens is 326 g/mol. The lowest BCUT2D eigenvalue weighted by atomic mass is 10.0. The predicted molar refractivity (Wildman–Crippen MR) is 101 cm³/mol. The molecule has 2 aliphatic rings. The highest BCUT2D eigenvalue weighted by molar-refractivity contribution is 5.99. The first kappa shape index (κ1) is 16.6. The second kappa shape index (κ2) is 7.20. The molecule has 2 N–H and O–H groups in total. The summed E-state index contributed by atoms with van der Waals surface area (Å²) in [4.78, 5) is 26.9. The minimum atomic E-state index is -0.229. The number of carbonyl (C=O) groups excluding carboxylic acids is 2. The summed E-state index contributed by atoms with van der Waals surface area (Å²) in [7, 11) is 0. The van der Waals surface area contributed by atoms with Crippen LogP contribution >= 0.6 is 0 Å². The molecule has 5 heteroatoms. The number of anilines is 1. The maximum absolute atomic E-state index is 12.5. The number of hydrogen-bond acceptors (Lipinski definition) is 3. The molecule has 2 aromatic carbocycles. The van der Waals surface area contributed by atoms with Crippen molar-refractivity contribution < 1.29 is 9.59 Å². The number of fused-ring (bicyclic) bond motifs is 1. The summed E-state index contributed by atoms with van der Waals surface area (Å²) in [6.07, 6.45) is 2.33. The monoisotopic (exact) mass is 349 g/mol. The first-order chi connectivity index (χ1) is 12.7. The van der Waals surface area contributed by atoms with E-state index in [2.05, 4.69) is 27.7 Å². The van der Waals surface area contributed by atoms with Crippen LogP contribution in [0.4, 0.5) is 5.69 Å². The molecule has 5 nitrogen and oxygen atoms in total. The van der Waals surface area contributed by atoms with E-state index in [9.17, 15) is 9.59 Å². The maximum atomic E-state index is 12.5. The van der Waals surface area contributed by atoms with Gasteiger partial charge in [0.25, 0.3) is 5.91 Å². The molecule has 1 saturated heterocycles. The number of benzene rings is 2. The average Bonchev–Trinajstić information content (AvgIpc) is 2.98. The second-order valence-electron chi connectivity index (χ2n) is 7.01. The Labute approximate surface area is 153 Å². The van der Waals surface area contributed by atoms with E-state index in [1.165, 1.54) is 5.69 Å². The lowest BCUT2D eigenvalue weighted by Gasteiger charge is -2.35. The zero-order valence-corrected chi connectivity index (χ0v) is 14.7. The van der Waals surface area contributed by atoms with Crippen LogP contribution in [0.2, 0.25) is 0 Å². The Morgan fingerprint density at radius 2 is 1.88 bits per heavy atom. The van der Waals surface area contributed by atoms with Gasteiger partial charge in [-0.3, -0.25) is 9.59 Å². The Bertz CT molecular complexity index is 806. The number of rotatable bonds is 4. The number of para-hydroxylation sites is 1. The molecule has 0 radical (unpaired) electrons. The van der Waals surface area contributed by atoms with Crippen molar-refractivity contribution in [3.63, 3.8) is 0 Å². The van der Waals surface area contributed by atoms with Gasteiger partial charge in [0.2, 0.25) is 5.91 Å². The van der Waals surface area contributed by atoms with Crippen molar-refractivity contribution in [3.8, 4) is 0 Å². The number of nitrogens with one attached hydrogen (secondary N) is 2. The summed E-state index contributed by atoms with van der Waals surface area (Å²) in [5.41, 5.74) is 2.80. The van der Waals surface area contributed by atoms with E-state index < -0.39 is 0 Å².